The third-order valence-electron chi connectivity index (χ3n) is 2.53. The lowest BCUT2D eigenvalue weighted by Crippen LogP contribution is -2.29. The predicted molar refractivity (Wildman–Crippen MR) is 72.1 cm³/mol. The van der Waals surface area contributed by atoms with E-state index in [-0.39, 0.29) is 0 Å². The minimum absolute atomic E-state index is 0.339. The molecule has 0 spiro atoms. The van der Waals surface area contributed by atoms with Gasteiger partial charge in [0.2, 0.25) is 0 Å². The van der Waals surface area contributed by atoms with Gasteiger partial charge in [0, 0.05) is 13.1 Å². The van der Waals surface area contributed by atoms with Crippen LogP contribution in [0, 0.1) is 11.3 Å². The fraction of sp³-hybridized carbons (Fsp3) is 0.600. The maximum absolute atomic E-state index is 9.00. The molecular weight excluding hydrogens is 240 g/mol. The lowest BCUT2D eigenvalue weighted by atomic mass is 10.2. The highest BCUT2D eigenvalue weighted by Gasteiger charge is 2.18. The number of rotatable bonds is 5. The summed E-state index contributed by atoms with van der Waals surface area (Å²) in [6.45, 7) is 2.15. The average Bonchev–Trinajstić information content (AvgIpc) is 2.66. The zero-order valence-corrected chi connectivity index (χ0v) is 11.4. The van der Waals surface area contributed by atoms with Gasteiger partial charge in [-0.15, -0.1) is 0 Å². The van der Waals surface area contributed by atoms with Crippen molar-refractivity contribution in [1.29, 1.82) is 5.26 Å². The number of nitrogens with zero attached hydrogens (tertiary/aromatic N) is 3. The molecule has 1 atom stereocenters. The van der Waals surface area contributed by atoms with Crippen LogP contribution in [0.2, 0.25) is 0 Å². The quantitative estimate of drug-likeness (QED) is 0.874. The standard InChI is InChI=1S/C10H16N4S2/c1-7(4-5-15-3)14(2)10-8(6-11)9(12)13-16-10/h7H,4-5H2,1-3H3,(H2,12,13). The lowest BCUT2D eigenvalue weighted by molar-refractivity contribution is 0.673. The fourth-order valence-electron chi connectivity index (χ4n) is 1.32. The summed E-state index contributed by atoms with van der Waals surface area (Å²) in [5.74, 6) is 1.45. The molecule has 1 unspecified atom stereocenters. The predicted octanol–water partition coefficient (Wildman–Crippen LogP) is 2.17. The summed E-state index contributed by atoms with van der Waals surface area (Å²) in [6.07, 6.45) is 3.18. The van der Waals surface area contributed by atoms with E-state index in [1.54, 1.807) is 0 Å². The number of thioether (sulfide) groups is 1. The molecule has 0 aliphatic carbocycles. The summed E-state index contributed by atoms with van der Waals surface area (Å²) in [7, 11) is 1.98. The van der Waals surface area contributed by atoms with E-state index in [9.17, 15) is 0 Å². The molecule has 0 aliphatic rings. The minimum atomic E-state index is 0.339. The van der Waals surface area contributed by atoms with E-state index in [2.05, 4.69) is 28.5 Å². The van der Waals surface area contributed by atoms with Crippen molar-refractivity contribution in [1.82, 2.24) is 4.37 Å². The highest BCUT2D eigenvalue weighted by Crippen LogP contribution is 2.30. The van der Waals surface area contributed by atoms with E-state index >= 15 is 0 Å². The molecule has 16 heavy (non-hydrogen) atoms. The maximum Gasteiger partial charge on any atom is 0.157 e. The Morgan fingerprint density at radius 3 is 2.94 bits per heavy atom. The Hall–Kier alpha value is -0.930. The monoisotopic (exact) mass is 256 g/mol. The fourth-order valence-corrected chi connectivity index (χ4v) is 2.72. The van der Waals surface area contributed by atoms with Crippen LogP contribution < -0.4 is 10.6 Å². The summed E-state index contributed by atoms with van der Waals surface area (Å²) in [5, 5.41) is 9.87. The van der Waals surface area contributed by atoms with Crippen molar-refractivity contribution in [3.05, 3.63) is 5.56 Å². The first-order chi connectivity index (χ1) is 7.61. The highest BCUT2D eigenvalue weighted by molar-refractivity contribution is 7.98. The number of anilines is 2. The van der Waals surface area contributed by atoms with Crippen molar-refractivity contribution < 1.29 is 0 Å². The van der Waals surface area contributed by atoms with Crippen LogP contribution in [-0.4, -0.2) is 29.5 Å². The van der Waals surface area contributed by atoms with Crippen LogP contribution in [0.15, 0.2) is 0 Å². The molecule has 0 aliphatic heterocycles. The second-order valence-electron chi connectivity index (χ2n) is 3.60. The molecule has 2 N–H and O–H groups in total. The molecule has 0 amide bonds. The van der Waals surface area contributed by atoms with Gasteiger partial charge >= 0.3 is 0 Å². The summed E-state index contributed by atoms with van der Waals surface area (Å²) in [4.78, 5) is 2.09. The highest BCUT2D eigenvalue weighted by atomic mass is 32.2. The molecule has 0 bridgehead atoms. The number of nitrogen functional groups attached to an aromatic ring is 1. The van der Waals surface area contributed by atoms with Gasteiger partial charge in [0.25, 0.3) is 0 Å². The van der Waals surface area contributed by atoms with E-state index in [0.29, 0.717) is 17.4 Å². The van der Waals surface area contributed by atoms with Crippen molar-refractivity contribution in [2.45, 2.75) is 19.4 Å². The lowest BCUT2D eigenvalue weighted by Gasteiger charge is -2.25. The third-order valence-corrected chi connectivity index (χ3v) is 4.13. The van der Waals surface area contributed by atoms with Crippen LogP contribution in [0.5, 0.6) is 0 Å². The number of nitriles is 1. The Balaban J connectivity index is 2.80. The Morgan fingerprint density at radius 2 is 2.38 bits per heavy atom. The van der Waals surface area contributed by atoms with Crippen molar-refractivity contribution in [2.75, 3.05) is 29.7 Å². The summed E-state index contributed by atoms with van der Waals surface area (Å²) >= 11 is 3.12. The zero-order chi connectivity index (χ0) is 12.1. The number of nitrogens with two attached hydrogens (primary N) is 1. The number of aromatic nitrogens is 1. The minimum Gasteiger partial charge on any atom is -0.382 e. The van der Waals surface area contributed by atoms with Gasteiger partial charge in [0.1, 0.15) is 16.6 Å². The summed E-state index contributed by atoms with van der Waals surface area (Å²) < 4.78 is 4.02. The number of hydrogen-bond donors (Lipinski definition) is 1. The Kier molecular flexibility index (Phi) is 4.90. The smallest absolute Gasteiger partial charge is 0.157 e. The Bertz CT molecular complexity index is 383. The van der Waals surface area contributed by atoms with Crippen molar-refractivity contribution in [2.24, 2.45) is 0 Å². The first kappa shape index (κ1) is 13.1. The molecule has 0 aromatic carbocycles. The van der Waals surface area contributed by atoms with Gasteiger partial charge < -0.3 is 10.6 Å². The van der Waals surface area contributed by atoms with Gasteiger partial charge in [-0.2, -0.15) is 21.4 Å². The third kappa shape index (κ3) is 2.80. The molecular formula is C10H16N4S2. The van der Waals surface area contributed by atoms with E-state index in [0.717, 1.165) is 17.2 Å². The topological polar surface area (TPSA) is 65.9 Å². The molecule has 1 rings (SSSR count). The second kappa shape index (κ2) is 5.97. The van der Waals surface area contributed by atoms with E-state index in [4.69, 9.17) is 11.0 Å². The van der Waals surface area contributed by atoms with Crippen molar-refractivity contribution >= 4 is 34.1 Å². The maximum atomic E-state index is 9.00. The van der Waals surface area contributed by atoms with Crippen LogP contribution in [0.4, 0.5) is 10.8 Å². The SMILES string of the molecule is CSCCC(C)N(C)c1snc(N)c1C#N. The van der Waals surface area contributed by atoms with E-state index in [1.807, 2.05) is 18.8 Å². The van der Waals surface area contributed by atoms with Crippen LogP contribution in [0.1, 0.15) is 18.9 Å². The van der Waals surface area contributed by atoms with Gasteiger partial charge in [-0.1, -0.05) is 0 Å². The molecule has 0 saturated heterocycles. The van der Waals surface area contributed by atoms with Gasteiger partial charge in [0.15, 0.2) is 5.82 Å². The number of hydrogen-bond acceptors (Lipinski definition) is 6. The Morgan fingerprint density at radius 1 is 1.69 bits per heavy atom. The van der Waals surface area contributed by atoms with E-state index < -0.39 is 0 Å². The molecule has 4 nitrogen and oxygen atoms in total. The molecule has 88 valence electrons. The molecule has 1 aromatic rings. The summed E-state index contributed by atoms with van der Waals surface area (Å²) in [5.41, 5.74) is 6.14. The van der Waals surface area contributed by atoms with Crippen LogP contribution in [-0.2, 0) is 0 Å². The largest absolute Gasteiger partial charge is 0.382 e. The summed E-state index contributed by atoms with van der Waals surface area (Å²) in [6, 6.07) is 2.50. The average molecular weight is 256 g/mol. The molecule has 0 fully saturated rings. The van der Waals surface area contributed by atoms with Crippen LogP contribution in [0.25, 0.3) is 0 Å². The first-order valence-corrected chi connectivity index (χ1v) is 7.15. The van der Waals surface area contributed by atoms with Crippen molar-refractivity contribution in [3.8, 4) is 6.07 Å². The van der Waals surface area contributed by atoms with Gasteiger partial charge in [-0.05, 0) is 36.9 Å². The van der Waals surface area contributed by atoms with Crippen LogP contribution in [0.3, 0.4) is 0 Å². The zero-order valence-electron chi connectivity index (χ0n) is 9.73. The second-order valence-corrected chi connectivity index (χ2v) is 5.34. The molecule has 6 heteroatoms. The van der Waals surface area contributed by atoms with Crippen LogP contribution >= 0.6 is 23.3 Å². The molecule has 0 radical (unpaired) electrons. The molecule has 1 heterocycles. The van der Waals surface area contributed by atoms with Gasteiger partial charge in [0.05, 0.1) is 0 Å². The van der Waals surface area contributed by atoms with Crippen molar-refractivity contribution in [3.63, 3.8) is 0 Å². The Labute approximate surface area is 105 Å². The van der Waals surface area contributed by atoms with Gasteiger partial charge in [-0.3, -0.25) is 0 Å². The normalized spacial score (nSPS) is 12.1. The first-order valence-electron chi connectivity index (χ1n) is 4.98. The van der Waals surface area contributed by atoms with E-state index in [1.165, 1.54) is 11.5 Å². The molecule has 1 aromatic heterocycles. The molecule has 0 saturated carbocycles. The van der Waals surface area contributed by atoms with Gasteiger partial charge in [-0.25, -0.2) is 0 Å².